The summed E-state index contributed by atoms with van der Waals surface area (Å²) in [6.45, 7) is 8.69. The minimum absolute atomic E-state index is 0.425. The van der Waals surface area contributed by atoms with E-state index in [2.05, 4.69) is 191 Å². The van der Waals surface area contributed by atoms with E-state index >= 15 is 0 Å². The molecule has 1 aliphatic carbocycles. The molecule has 2 heterocycles. The van der Waals surface area contributed by atoms with Crippen molar-refractivity contribution in [1.82, 2.24) is 9.97 Å². The van der Waals surface area contributed by atoms with Crippen LogP contribution in [0.1, 0.15) is 44.5 Å². The first kappa shape index (κ1) is 33.0. The molecule has 7 aromatic carbocycles. The summed E-state index contributed by atoms with van der Waals surface area (Å²) < 4.78 is 0. The van der Waals surface area contributed by atoms with Crippen molar-refractivity contribution in [3.8, 4) is 44.6 Å². The van der Waals surface area contributed by atoms with Crippen molar-refractivity contribution in [2.24, 2.45) is 0 Å². The largest absolute Gasteiger partial charge is 0.254 e. The minimum atomic E-state index is -0.425. The topological polar surface area (TPSA) is 25.8 Å². The maximum absolute atomic E-state index is 5.31. The van der Waals surface area contributed by atoms with Crippen LogP contribution in [0.3, 0.4) is 0 Å². The van der Waals surface area contributed by atoms with Gasteiger partial charge in [-0.05, 0) is 112 Å². The molecule has 0 fully saturated rings. The molecule has 1 aliphatic rings. The standard InChI is InChI=1S/C53H40N2/c1-33-32-54-51-43(34(33)2)29-30-44-35(3)36(4)50(55-52(44)51)38-27-25-37(26-28-38)39-15-13-16-40(31-39)45-22-14-24-48-49(45)46-21-11-12-23-47(46)53(48,41-17-7-5-8-18-41)42-19-9-6-10-20-42/h5-32H,1-4H3. The van der Waals surface area contributed by atoms with Gasteiger partial charge in [0.25, 0.3) is 0 Å². The Morgan fingerprint density at radius 3 is 1.73 bits per heavy atom. The Kier molecular flexibility index (Phi) is 7.64. The van der Waals surface area contributed by atoms with Crippen LogP contribution in [0.25, 0.3) is 66.4 Å². The van der Waals surface area contributed by atoms with E-state index in [0.29, 0.717) is 0 Å². The number of aryl methyl sites for hydroxylation is 3. The fraction of sp³-hybridized carbons (Fsp3) is 0.0943. The molecule has 0 aliphatic heterocycles. The molecule has 10 rings (SSSR count). The van der Waals surface area contributed by atoms with Gasteiger partial charge in [-0.25, -0.2) is 4.98 Å². The second-order valence-electron chi connectivity index (χ2n) is 15.0. The van der Waals surface area contributed by atoms with Gasteiger partial charge >= 0.3 is 0 Å². The number of hydrogen-bond acceptors (Lipinski definition) is 2. The van der Waals surface area contributed by atoms with Crippen LogP contribution in [0.2, 0.25) is 0 Å². The molecule has 2 heteroatoms. The highest BCUT2D eigenvalue weighted by Gasteiger charge is 2.46. The van der Waals surface area contributed by atoms with Crippen molar-refractivity contribution in [2.75, 3.05) is 0 Å². The molecule has 0 radical (unpaired) electrons. The first-order valence-electron chi connectivity index (χ1n) is 19.2. The zero-order chi connectivity index (χ0) is 37.3. The number of hydrogen-bond donors (Lipinski definition) is 0. The van der Waals surface area contributed by atoms with Crippen molar-refractivity contribution >= 4 is 21.8 Å². The van der Waals surface area contributed by atoms with E-state index in [9.17, 15) is 0 Å². The molecule has 0 spiro atoms. The third-order valence-corrected chi connectivity index (χ3v) is 12.2. The van der Waals surface area contributed by atoms with Gasteiger partial charge in [0.05, 0.1) is 22.1 Å². The molecule has 2 nitrogen and oxygen atoms in total. The molecule has 0 bridgehead atoms. The van der Waals surface area contributed by atoms with Crippen molar-refractivity contribution < 1.29 is 0 Å². The summed E-state index contributed by atoms with van der Waals surface area (Å²) in [7, 11) is 0. The van der Waals surface area contributed by atoms with Crippen LogP contribution >= 0.6 is 0 Å². The van der Waals surface area contributed by atoms with Crippen molar-refractivity contribution in [3.05, 3.63) is 214 Å². The highest BCUT2D eigenvalue weighted by atomic mass is 14.8. The first-order chi connectivity index (χ1) is 26.9. The number of benzene rings is 7. The zero-order valence-corrected chi connectivity index (χ0v) is 31.6. The minimum Gasteiger partial charge on any atom is -0.254 e. The molecule has 262 valence electrons. The molecule has 55 heavy (non-hydrogen) atoms. The lowest BCUT2D eigenvalue weighted by Crippen LogP contribution is -2.28. The summed E-state index contributed by atoms with van der Waals surface area (Å²) in [6.07, 6.45) is 1.97. The summed E-state index contributed by atoms with van der Waals surface area (Å²) in [5.74, 6) is 0. The lowest BCUT2D eigenvalue weighted by atomic mass is 9.67. The Labute approximate surface area is 322 Å². The van der Waals surface area contributed by atoms with Crippen LogP contribution in [-0.2, 0) is 5.41 Å². The van der Waals surface area contributed by atoms with Gasteiger partial charge in [-0.2, -0.15) is 0 Å². The molecular weight excluding hydrogens is 665 g/mol. The molecule has 0 atom stereocenters. The Morgan fingerprint density at radius 2 is 1.00 bits per heavy atom. The van der Waals surface area contributed by atoms with Crippen LogP contribution in [0.4, 0.5) is 0 Å². The molecule has 9 aromatic rings. The fourth-order valence-electron chi connectivity index (χ4n) is 9.18. The third kappa shape index (κ3) is 4.95. The highest BCUT2D eigenvalue weighted by molar-refractivity contribution is 6.06. The molecular formula is C53H40N2. The second kappa shape index (κ2) is 12.7. The summed E-state index contributed by atoms with van der Waals surface area (Å²) >= 11 is 0. The highest BCUT2D eigenvalue weighted by Crippen LogP contribution is 2.58. The Morgan fingerprint density at radius 1 is 0.418 bits per heavy atom. The average molecular weight is 705 g/mol. The van der Waals surface area contributed by atoms with Crippen LogP contribution in [-0.4, -0.2) is 9.97 Å². The predicted octanol–water partition coefficient (Wildman–Crippen LogP) is 13.4. The van der Waals surface area contributed by atoms with Gasteiger partial charge in [-0.1, -0.05) is 158 Å². The Bertz CT molecular complexity index is 2900. The predicted molar refractivity (Wildman–Crippen MR) is 230 cm³/mol. The Hall–Kier alpha value is -6.64. The number of rotatable bonds is 5. The van der Waals surface area contributed by atoms with Crippen LogP contribution in [0.5, 0.6) is 0 Å². The third-order valence-electron chi connectivity index (χ3n) is 12.2. The van der Waals surface area contributed by atoms with Gasteiger partial charge in [-0.3, -0.25) is 4.98 Å². The SMILES string of the molecule is Cc1cnc2c(ccc3c(C)c(C)c(-c4ccc(-c5cccc(-c6cccc7c6-c6ccccc6C7(c6ccccc6)c6ccccc6)c5)cc4)nc32)c1C. The summed E-state index contributed by atoms with van der Waals surface area (Å²) in [4.78, 5) is 10.2. The van der Waals surface area contributed by atoms with E-state index in [-0.39, 0.29) is 0 Å². The van der Waals surface area contributed by atoms with Crippen LogP contribution < -0.4 is 0 Å². The molecule has 0 N–H and O–H groups in total. The molecule has 0 amide bonds. The van der Waals surface area contributed by atoms with E-state index in [1.54, 1.807) is 0 Å². The van der Waals surface area contributed by atoms with E-state index in [1.165, 1.54) is 83.3 Å². The Balaban J connectivity index is 1.08. The molecule has 0 saturated carbocycles. The lowest BCUT2D eigenvalue weighted by molar-refractivity contribution is 0.768. The van der Waals surface area contributed by atoms with Gasteiger partial charge in [0.2, 0.25) is 0 Å². The summed E-state index contributed by atoms with van der Waals surface area (Å²) in [5, 5.41) is 2.33. The van der Waals surface area contributed by atoms with Gasteiger partial charge in [0.1, 0.15) is 0 Å². The zero-order valence-electron chi connectivity index (χ0n) is 31.6. The second-order valence-corrected chi connectivity index (χ2v) is 15.0. The monoisotopic (exact) mass is 704 g/mol. The van der Waals surface area contributed by atoms with E-state index in [0.717, 1.165) is 27.7 Å². The van der Waals surface area contributed by atoms with Gasteiger partial charge in [-0.15, -0.1) is 0 Å². The van der Waals surface area contributed by atoms with Crippen LogP contribution in [0, 0.1) is 27.7 Å². The van der Waals surface area contributed by atoms with Crippen molar-refractivity contribution in [1.29, 1.82) is 0 Å². The normalized spacial score (nSPS) is 12.9. The molecule has 2 aromatic heterocycles. The van der Waals surface area contributed by atoms with Crippen LogP contribution in [0.15, 0.2) is 170 Å². The number of aromatic nitrogens is 2. The van der Waals surface area contributed by atoms with Crippen molar-refractivity contribution in [2.45, 2.75) is 33.1 Å². The average Bonchev–Trinajstić information content (AvgIpc) is 3.55. The summed E-state index contributed by atoms with van der Waals surface area (Å²) in [5.41, 5.74) is 21.1. The lowest BCUT2D eigenvalue weighted by Gasteiger charge is -2.34. The maximum atomic E-state index is 5.31. The maximum Gasteiger partial charge on any atom is 0.0975 e. The van der Waals surface area contributed by atoms with Gasteiger partial charge in [0.15, 0.2) is 0 Å². The van der Waals surface area contributed by atoms with Gasteiger partial charge in [0, 0.05) is 22.5 Å². The number of pyridine rings is 2. The van der Waals surface area contributed by atoms with E-state index in [4.69, 9.17) is 9.97 Å². The first-order valence-corrected chi connectivity index (χ1v) is 19.2. The number of fused-ring (bicyclic) bond motifs is 6. The molecule has 0 unspecified atom stereocenters. The van der Waals surface area contributed by atoms with E-state index in [1.807, 2.05) is 6.20 Å². The van der Waals surface area contributed by atoms with E-state index < -0.39 is 5.41 Å². The number of nitrogens with zero attached hydrogens (tertiary/aromatic N) is 2. The molecule has 0 saturated heterocycles. The van der Waals surface area contributed by atoms with Gasteiger partial charge < -0.3 is 0 Å². The smallest absolute Gasteiger partial charge is 0.0975 e. The summed E-state index contributed by atoms with van der Waals surface area (Å²) in [6, 6.07) is 60.3. The quantitative estimate of drug-likeness (QED) is 0.167. The van der Waals surface area contributed by atoms with Crippen molar-refractivity contribution in [3.63, 3.8) is 0 Å². The fourth-order valence-corrected chi connectivity index (χ4v) is 9.18.